The number of hydrogen-bond acceptors (Lipinski definition) is 3. The number of hydrogen-bond donors (Lipinski definition) is 0. The normalized spacial score (nSPS) is 13.8. The van der Waals surface area contributed by atoms with Crippen LogP contribution in [0.2, 0.25) is 0 Å². The summed E-state index contributed by atoms with van der Waals surface area (Å²) < 4.78 is 31.6. The molecule has 1 aliphatic carbocycles. The predicted molar refractivity (Wildman–Crippen MR) is 108 cm³/mol. The van der Waals surface area contributed by atoms with E-state index >= 15 is 0 Å². The highest BCUT2D eigenvalue weighted by Gasteiger charge is 2.26. The third-order valence-corrected chi connectivity index (χ3v) is 5.35. The Bertz CT molecular complexity index is 1380. The molecule has 0 spiro atoms. The highest BCUT2D eigenvalue weighted by Crippen LogP contribution is 2.30. The second-order valence-corrected chi connectivity index (χ2v) is 7.63. The summed E-state index contributed by atoms with van der Waals surface area (Å²) in [5.74, 6) is -0.583. The van der Waals surface area contributed by atoms with Crippen molar-refractivity contribution in [3.05, 3.63) is 92.9 Å². The van der Waals surface area contributed by atoms with Gasteiger partial charge in [-0.25, -0.2) is 23.1 Å². The number of rotatable bonds is 5. The fourth-order valence-corrected chi connectivity index (χ4v) is 3.70. The molecule has 0 saturated heterocycles. The molecule has 6 nitrogen and oxygen atoms in total. The van der Waals surface area contributed by atoms with Gasteiger partial charge >= 0.3 is 5.69 Å². The van der Waals surface area contributed by atoms with Gasteiger partial charge in [0.15, 0.2) is 11.2 Å². The van der Waals surface area contributed by atoms with E-state index in [0.717, 1.165) is 12.8 Å². The summed E-state index contributed by atoms with van der Waals surface area (Å²) in [6, 6.07) is 11.7. The molecule has 8 heteroatoms. The molecule has 0 amide bonds. The van der Waals surface area contributed by atoms with Crippen LogP contribution in [0.25, 0.3) is 16.9 Å². The molecular formula is C22H18F2N4O2. The largest absolute Gasteiger partial charge is 0.337 e. The summed E-state index contributed by atoms with van der Waals surface area (Å²) in [6.07, 6.45) is 3.38. The SMILES string of the molecule is O=c1c2c(ncn2Cc2cccc(F)c2)n(-c2cccc(F)c2)c(=O)n1CC1CC1. The quantitative estimate of drug-likeness (QED) is 0.510. The number of halogens is 2. The van der Waals surface area contributed by atoms with Crippen LogP contribution < -0.4 is 11.2 Å². The van der Waals surface area contributed by atoms with E-state index in [1.54, 1.807) is 22.8 Å². The van der Waals surface area contributed by atoms with Crippen molar-refractivity contribution in [3.8, 4) is 5.69 Å². The lowest BCUT2D eigenvalue weighted by molar-refractivity contribution is 0.566. The van der Waals surface area contributed by atoms with Gasteiger partial charge in [0, 0.05) is 13.1 Å². The zero-order valence-electron chi connectivity index (χ0n) is 16.0. The van der Waals surface area contributed by atoms with E-state index in [0.29, 0.717) is 17.8 Å². The number of aromatic nitrogens is 4. The molecule has 2 aromatic heterocycles. The average molecular weight is 408 g/mol. The molecule has 0 bridgehead atoms. The Morgan fingerprint density at radius 3 is 2.43 bits per heavy atom. The Hall–Kier alpha value is -3.55. The summed E-state index contributed by atoms with van der Waals surface area (Å²) >= 11 is 0. The summed E-state index contributed by atoms with van der Waals surface area (Å²) in [7, 11) is 0. The Balaban J connectivity index is 1.76. The molecule has 0 atom stereocenters. The third-order valence-electron chi connectivity index (χ3n) is 5.35. The fourth-order valence-electron chi connectivity index (χ4n) is 3.70. The van der Waals surface area contributed by atoms with E-state index in [-0.39, 0.29) is 29.4 Å². The van der Waals surface area contributed by atoms with Gasteiger partial charge in [-0.3, -0.25) is 9.36 Å². The minimum atomic E-state index is -0.541. The van der Waals surface area contributed by atoms with Crippen LogP contribution in [0.3, 0.4) is 0 Å². The monoisotopic (exact) mass is 408 g/mol. The van der Waals surface area contributed by atoms with E-state index in [1.165, 1.54) is 45.8 Å². The molecule has 30 heavy (non-hydrogen) atoms. The summed E-state index contributed by atoms with van der Waals surface area (Å²) in [5, 5.41) is 0. The topological polar surface area (TPSA) is 61.8 Å². The van der Waals surface area contributed by atoms with Crippen LogP contribution >= 0.6 is 0 Å². The average Bonchev–Trinajstić information content (AvgIpc) is 3.45. The van der Waals surface area contributed by atoms with Crippen molar-refractivity contribution in [2.75, 3.05) is 0 Å². The Morgan fingerprint density at radius 1 is 1.00 bits per heavy atom. The number of benzene rings is 2. The van der Waals surface area contributed by atoms with Gasteiger partial charge in [0.05, 0.1) is 12.0 Å². The molecule has 5 rings (SSSR count). The lowest BCUT2D eigenvalue weighted by atomic mass is 10.2. The molecule has 152 valence electrons. The Labute approximate surface area is 169 Å². The van der Waals surface area contributed by atoms with Gasteiger partial charge in [0.25, 0.3) is 5.56 Å². The van der Waals surface area contributed by atoms with Gasteiger partial charge in [-0.2, -0.15) is 0 Å². The first kappa shape index (κ1) is 18.5. The van der Waals surface area contributed by atoms with Crippen LogP contribution in [-0.2, 0) is 13.1 Å². The van der Waals surface area contributed by atoms with Gasteiger partial charge in [-0.15, -0.1) is 0 Å². The van der Waals surface area contributed by atoms with Crippen molar-refractivity contribution in [3.63, 3.8) is 0 Å². The lowest BCUT2D eigenvalue weighted by Crippen LogP contribution is -2.40. The smallest absolute Gasteiger partial charge is 0.320 e. The molecule has 2 heterocycles. The highest BCUT2D eigenvalue weighted by atomic mass is 19.1. The minimum Gasteiger partial charge on any atom is -0.320 e. The molecule has 1 aliphatic rings. The van der Waals surface area contributed by atoms with E-state index in [2.05, 4.69) is 4.98 Å². The van der Waals surface area contributed by atoms with Crippen LogP contribution in [0.5, 0.6) is 0 Å². The van der Waals surface area contributed by atoms with Gasteiger partial charge in [-0.05, 0) is 54.7 Å². The molecule has 0 unspecified atom stereocenters. The predicted octanol–water partition coefficient (Wildman–Crippen LogP) is 3.09. The van der Waals surface area contributed by atoms with Crippen LogP contribution in [-0.4, -0.2) is 18.7 Å². The molecule has 4 aromatic rings. The maximum atomic E-state index is 13.9. The van der Waals surface area contributed by atoms with Crippen molar-refractivity contribution in [2.45, 2.75) is 25.9 Å². The summed E-state index contributed by atoms with van der Waals surface area (Å²) in [6.45, 7) is 0.530. The third kappa shape index (κ3) is 3.24. The standard InChI is InChI=1S/C22H18F2N4O2/c23-16-4-1-3-15(9-16)11-26-13-25-20-19(26)21(29)27(12-14-7-8-14)22(30)28(20)18-6-2-5-17(24)10-18/h1-6,9-10,13-14H,7-8,11-12H2. The van der Waals surface area contributed by atoms with Crippen molar-refractivity contribution < 1.29 is 8.78 Å². The minimum absolute atomic E-state index is 0.152. The molecule has 0 N–H and O–H groups in total. The molecule has 1 saturated carbocycles. The van der Waals surface area contributed by atoms with Crippen molar-refractivity contribution >= 4 is 11.2 Å². The van der Waals surface area contributed by atoms with E-state index in [1.807, 2.05) is 0 Å². The second kappa shape index (κ2) is 7.05. The summed E-state index contributed by atoms with van der Waals surface area (Å²) in [5.41, 5.74) is 0.351. The number of imidazole rings is 1. The van der Waals surface area contributed by atoms with E-state index in [4.69, 9.17) is 0 Å². The fraction of sp³-hybridized carbons (Fsp3) is 0.227. The Morgan fingerprint density at radius 2 is 1.73 bits per heavy atom. The summed E-state index contributed by atoms with van der Waals surface area (Å²) in [4.78, 5) is 30.7. The molecule has 0 radical (unpaired) electrons. The lowest BCUT2D eigenvalue weighted by Gasteiger charge is -2.12. The zero-order chi connectivity index (χ0) is 20.8. The first-order chi connectivity index (χ1) is 14.5. The maximum Gasteiger partial charge on any atom is 0.337 e. The van der Waals surface area contributed by atoms with Crippen molar-refractivity contribution in [1.29, 1.82) is 0 Å². The van der Waals surface area contributed by atoms with Gasteiger partial charge in [0.1, 0.15) is 11.6 Å². The van der Waals surface area contributed by atoms with Gasteiger partial charge in [0.2, 0.25) is 0 Å². The Kier molecular flexibility index (Phi) is 4.34. The van der Waals surface area contributed by atoms with Crippen LogP contribution in [0, 0.1) is 17.6 Å². The molecule has 0 aliphatic heterocycles. The van der Waals surface area contributed by atoms with Gasteiger partial charge in [-0.1, -0.05) is 18.2 Å². The van der Waals surface area contributed by atoms with E-state index in [9.17, 15) is 18.4 Å². The molecule has 1 fully saturated rings. The highest BCUT2D eigenvalue weighted by molar-refractivity contribution is 5.72. The maximum absolute atomic E-state index is 13.9. The number of fused-ring (bicyclic) bond motifs is 1. The molecule has 2 aromatic carbocycles. The van der Waals surface area contributed by atoms with Crippen LogP contribution in [0.15, 0.2) is 64.4 Å². The first-order valence-corrected chi connectivity index (χ1v) is 9.72. The second-order valence-electron chi connectivity index (χ2n) is 7.63. The molecular weight excluding hydrogens is 390 g/mol. The van der Waals surface area contributed by atoms with Gasteiger partial charge < -0.3 is 4.57 Å². The zero-order valence-corrected chi connectivity index (χ0v) is 16.0. The number of nitrogens with zero attached hydrogens (tertiary/aromatic N) is 4. The van der Waals surface area contributed by atoms with Crippen LogP contribution in [0.1, 0.15) is 18.4 Å². The van der Waals surface area contributed by atoms with Crippen LogP contribution in [0.4, 0.5) is 8.78 Å². The van der Waals surface area contributed by atoms with Crippen molar-refractivity contribution in [1.82, 2.24) is 18.7 Å². The van der Waals surface area contributed by atoms with Crippen molar-refractivity contribution in [2.24, 2.45) is 5.92 Å². The van der Waals surface area contributed by atoms with E-state index < -0.39 is 17.1 Å². The first-order valence-electron chi connectivity index (χ1n) is 9.72.